The summed E-state index contributed by atoms with van der Waals surface area (Å²) in [7, 11) is 0. The fourth-order valence-corrected chi connectivity index (χ4v) is 16.5. The average Bonchev–Trinajstić information content (AvgIpc) is 2.08. The van der Waals surface area contributed by atoms with Gasteiger partial charge in [-0.3, -0.25) is 0 Å². The van der Waals surface area contributed by atoms with Crippen molar-refractivity contribution in [2.45, 2.75) is 105 Å². The average molecular weight is 1140 g/mol. The summed E-state index contributed by atoms with van der Waals surface area (Å²) in [6, 6.07) is 80.1. The summed E-state index contributed by atoms with van der Waals surface area (Å²) in [4.78, 5) is 0. The van der Waals surface area contributed by atoms with Crippen LogP contribution in [0.15, 0.2) is 206 Å². The molecule has 0 amide bonds. The molecule has 0 N–H and O–H groups in total. The van der Waals surface area contributed by atoms with E-state index in [-0.39, 0.29) is 36.2 Å². The van der Waals surface area contributed by atoms with Gasteiger partial charge in [-0.25, -0.2) is 0 Å². The summed E-state index contributed by atoms with van der Waals surface area (Å²) in [5.41, 5.74) is 18.1. The number of nitrogens with zero attached hydrogens (tertiary/aromatic N) is 2. The molecule has 83 heavy (non-hydrogen) atoms. The normalized spacial score (nSPS) is 13.1. The van der Waals surface area contributed by atoms with E-state index in [0.29, 0.717) is 0 Å². The molecule has 406 valence electrons. The van der Waals surface area contributed by atoms with Gasteiger partial charge in [0.25, 0.3) is 0 Å². The molecule has 0 bridgehead atoms. The molecule has 0 unspecified atom stereocenters. The molecule has 0 radical (unpaired) electrons. The van der Waals surface area contributed by atoms with Crippen LogP contribution >= 0.6 is 0 Å². The standard InChI is InChI=1S/C80H70N2Se/c1-77(2,3)47-35-39-66-62(43-47)63-44-48(78(4,5)6)36-40-67(63)81(66)74-55-27-17-13-23-51(55)71(52-24-14-18-28-56(52)74)59-31-22-34-70-73(59)61-33-21-32-60(76(61)83-70)72-53-25-15-19-29-57(53)75(58-30-20-16-26-54(58)72)82-68-41-37-49(79(7,8)9)45-64(68)65-46-50(80(10,11)12)38-42-69(65)82/h13-46H,1-12H3. The Bertz CT molecular complexity index is 4980. The zero-order chi connectivity index (χ0) is 57.2. The van der Waals surface area contributed by atoms with Crippen molar-refractivity contribution >= 4 is 120 Å². The van der Waals surface area contributed by atoms with Gasteiger partial charge in [0.15, 0.2) is 0 Å². The van der Waals surface area contributed by atoms with Gasteiger partial charge in [0, 0.05) is 0 Å². The van der Waals surface area contributed by atoms with E-state index >= 15 is 0 Å². The van der Waals surface area contributed by atoms with Crippen LogP contribution in [0.25, 0.3) is 140 Å². The molecule has 0 aliphatic heterocycles. The van der Waals surface area contributed by atoms with E-state index in [1.807, 2.05) is 0 Å². The molecule has 0 atom stereocenters. The third kappa shape index (κ3) is 7.87. The summed E-state index contributed by atoms with van der Waals surface area (Å²) >= 11 is 0.0346. The molecule has 3 heteroatoms. The van der Waals surface area contributed by atoms with E-state index in [1.165, 1.54) is 162 Å². The number of fused-ring (bicyclic) bond motifs is 13. The van der Waals surface area contributed by atoms with Crippen molar-refractivity contribution in [1.29, 1.82) is 0 Å². The van der Waals surface area contributed by atoms with E-state index in [0.717, 1.165) is 0 Å². The Morgan fingerprint density at radius 1 is 0.265 bits per heavy atom. The summed E-state index contributed by atoms with van der Waals surface area (Å²) in [6.07, 6.45) is 0. The molecule has 0 fully saturated rings. The monoisotopic (exact) mass is 1140 g/mol. The predicted molar refractivity (Wildman–Crippen MR) is 363 cm³/mol. The zero-order valence-electron chi connectivity index (χ0n) is 49.9. The molecule has 0 aliphatic carbocycles. The van der Waals surface area contributed by atoms with Crippen LogP contribution < -0.4 is 0 Å². The molecule has 15 aromatic rings. The van der Waals surface area contributed by atoms with Crippen molar-refractivity contribution in [3.63, 3.8) is 0 Å². The third-order valence-corrected chi connectivity index (χ3v) is 20.8. The Balaban J connectivity index is 0.983. The topological polar surface area (TPSA) is 9.86 Å². The van der Waals surface area contributed by atoms with Gasteiger partial charge >= 0.3 is 403 Å². The molecular formula is C80H70N2Se. The molecular weight excluding hydrogens is 1070 g/mol. The Labute approximate surface area is 493 Å². The van der Waals surface area contributed by atoms with Crippen molar-refractivity contribution < 1.29 is 0 Å². The van der Waals surface area contributed by atoms with Crippen molar-refractivity contribution in [3.05, 3.63) is 229 Å². The van der Waals surface area contributed by atoms with Gasteiger partial charge in [0.2, 0.25) is 0 Å². The van der Waals surface area contributed by atoms with Crippen LogP contribution in [0.3, 0.4) is 0 Å². The number of hydrogen-bond donors (Lipinski definition) is 0. The second kappa shape index (κ2) is 18.1. The van der Waals surface area contributed by atoms with E-state index < -0.39 is 0 Å². The minimum absolute atomic E-state index is 0.0109. The molecule has 12 aromatic carbocycles. The number of hydrogen-bond acceptors (Lipinski definition) is 0. The molecule has 15 rings (SSSR count). The van der Waals surface area contributed by atoms with Crippen molar-refractivity contribution in [1.82, 2.24) is 9.13 Å². The van der Waals surface area contributed by atoms with Gasteiger partial charge in [-0.2, -0.15) is 0 Å². The van der Waals surface area contributed by atoms with E-state index in [1.54, 1.807) is 0 Å². The summed E-state index contributed by atoms with van der Waals surface area (Å²) in [5.74, 6) is 0. The van der Waals surface area contributed by atoms with Crippen molar-refractivity contribution in [2.75, 3.05) is 0 Å². The van der Waals surface area contributed by atoms with Gasteiger partial charge in [0.1, 0.15) is 0 Å². The molecule has 0 aliphatic rings. The van der Waals surface area contributed by atoms with E-state index in [2.05, 4.69) is 298 Å². The van der Waals surface area contributed by atoms with Crippen molar-refractivity contribution in [2.24, 2.45) is 0 Å². The summed E-state index contributed by atoms with van der Waals surface area (Å²) < 4.78 is 8.06. The number of aromatic nitrogens is 2. The SMILES string of the molecule is CC(C)(C)c1ccc2c(c1)c1cc(C(C)(C)C)ccc1n2-c1c2ccccc2c(-c2cccc3c2[se]c2cccc(-c4c5ccccc5c(-n5c6ccc(C(C)(C)C)cc6c6cc(C(C)(C)C)ccc65)c5ccccc45)c23)c2ccccc12. The fraction of sp³-hybridized carbons (Fsp3) is 0.200. The summed E-state index contributed by atoms with van der Waals surface area (Å²) in [5, 5.41) is 18.0. The van der Waals surface area contributed by atoms with Crippen LogP contribution in [-0.2, 0) is 21.7 Å². The Morgan fingerprint density at radius 3 is 0.892 bits per heavy atom. The first kappa shape index (κ1) is 51.7. The molecule has 3 heterocycles. The second-order valence-electron chi connectivity index (χ2n) is 27.7. The Morgan fingerprint density at radius 2 is 0.554 bits per heavy atom. The van der Waals surface area contributed by atoms with Crippen LogP contribution in [0.5, 0.6) is 0 Å². The molecule has 0 saturated heterocycles. The fourth-order valence-electron chi connectivity index (χ4n) is 13.9. The van der Waals surface area contributed by atoms with Crippen LogP contribution in [0, 0.1) is 0 Å². The minimum atomic E-state index is 0.0109. The van der Waals surface area contributed by atoms with Gasteiger partial charge in [-0.05, 0) is 10.8 Å². The molecule has 0 spiro atoms. The maximum atomic E-state index is 2.59. The van der Waals surface area contributed by atoms with Gasteiger partial charge in [0.05, 0.1) is 0 Å². The number of benzene rings is 12. The van der Waals surface area contributed by atoms with E-state index in [9.17, 15) is 0 Å². The predicted octanol–water partition coefficient (Wildman–Crippen LogP) is 22.4. The quantitative estimate of drug-likeness (QED) is 0.123. The van der Waals surface area contributed by atoms with Crippen LogP contribution in [-0.4, -0.2) is 23.6 Å². The van der Waals surface area contributed by atoms with Crippen LogP contribution in [0.2, 0.25) is 0 Å². The van der Waals surface area contributed by atoms with Crippen LogP contribution in [0.1, 0.15) is 105 Å². The van der Waals surface area contributed by atoms with Gasteiger partial charge in [-0.1, -0.05) is 83.1 Å². The third-order valence-electron chi connectivity index (χ3n) is 18.3. The Hall–Kier alpha value is -8.20. The first-order chi connectivity index (χ1) is 39.7. The molecule has 2 nitrogen and oxygen atoms in total. The summed E-state index contributed by atoms with van der Waals surface area (Å²) in [6.45, 7) is 27.9. The van der Waals surface area contributed by atoms with Crippen molar-refractivity contribution in [3.8, 4) is 33.6 Å². The zero-order valence-corrected chi connectivity index (χ0v) is 51.6. The molecule has 3 aromatic heterocycles. The Kier molecular flexibility index (Phi) is 11.3. The van der Waals surface area contributed by atoms with E-state index in [4.69, 9.17) is 0 Å². The van der Waals surface area contributed by atoms with Gasteiger partial charge in [-0.15, -0.1) is 0 Å². The first-order valence-corrected chi connectivity index (χ1v) is 31.5. The molecule has 0 saturated carbocycles. The van der Waals surface area contributed by atoms with Crippen LogP contribution in [0.4, 0.5) is 0 Å². The first-order valence-electron chi connectivity index (χ1n) is 29.7. The second-order valence-corrected chi connectivity index (χ2v) is 29.9. The number of rotatable bonds is 4. The van der Waals surface area contributed by atoms with Gasteiger partial charge < -0.3 is 0 Å². The maximum absolute atomic E-state index is 2.59.